The van der Waals surface area contributed by atoms with Crippen LogP contribution in [0.25, 0.3) is 0 Å². The zero-order valence-corrected chi connectivity index (χ0v) is 20.9. The number of aromatic hydroxyl groups is 1. The maximum atomic E-state index is 11.9. The van der Waals surface area contributed by atoms with Crippen LogP contribution in [0.3, 0.4) is 0 Å². The number of phenolic OH excluding ortho intramolecular Hbond substituents is 1. The fourth-order valence-corrected chi connectivity index (χ4v) is 5.40. The highest BCUT2D eigenvalue weighted by molar-refractivity contribution is 6.13. The summed E-state index contributed by atoms with van der Waals surface area (Å²) in [5.74, 6) is 0.534. The highest BCUT2D eigenvalue weighted by atomic mass is 16.5. The van der Waals surface area contributed by atoms with Gasteiger partial charge in [0, 0.05) is 50.2 Å². The molecule has 1 aromatic carbocycles. The van der Waals surface area contributed by atoms with E-state index >= 15 is 0 Å². The van der Waals surface area contributed by atoms with Crippen molar-refractivity contribution in [1.29, 1.82) is 5.41 Å². The first kappa shape index (κ1) is 25.0. The molecule has 0 spiro atoms. The number of carbonyl (C=O) groups is 1. The Labute approximate surface area is 216 Å². The molecule has 0 amide bonds. The Hall–Kier alpha value is -3.70. The van der Waals surface area contributed by atoms with E-state index < -0.39 is 6.09 Å². The van der Waals surface area contributed by atoms with Crippen molar-refractivity contribution in [2.45, 2.75) is 24.9 Å². The predicted octanol–water partition coefficient (Wildman–Crippen LogP) is 1.35. The lowest BCUT2D eigenvalue weighted by molar-refractivity contribution is 0.0387. The molecule has 2 aromatic rings. The minimum Gasteiger partial charge on any atom is -0.507 e. The summed E-state index contributed by atoms with van der Waals surface area (Å²) in [6.45, 7) is 6.36. The van der Waals surface area contributed by atoms with E-state index in [0.29, 0.717) is 30.6 Å². The largest absolute Gasteiger partial charge is 0.507 e. The second kappa shape index (κ2) is 11.1. The summed E-state index contributed by atoms with van der Waals surface area (Å²) in [7, 11) is 0. The highest BCUT2D eigenvalue weighted by Gasteiger charge is 2.36. The summed E-state index contributed by atoms with van der Waals surface area (Å²) in [5, 5.41) is 18.6. The van der Waals surface area contributed by atoms with Crippen molar-refractivity contribution in [2.24, 2.45) is 10.7 Å². The van der Waals surface area contributed by atoms with E-state index in [4.69, 9.17) is 15.9 Å². The van der Waals surface area contributed by atoms with Crippen molar-refractivity contribution in [2.75, 3.05) is 52.4 Å². The number of nitrogens with one attached hydrogen (secondary N) is 1. The quantitative estimate of drug-likeness (QED) is 0.500. The molecule has 0 aliphatic carbocycles. The number of aliphatic imine (C=N–C) groups is 1. The molecule has 0 bridgehead atoms. The van der Waals surface area contributed by atoms with E-state index in [9.17, 15) is 9.90 Å². The summed E-state index contributed by atoms with van der Waals surface area (Å²) in [6, 6.07) is 7.60. The van der Waals surface area contributed by atoms with Crippen molar-refractivity contribution >= 4 is 17.6 Å². The van der Waals surface area contributed by atoms with Crippen LogP contribution in [0.1, 0.15) is 18.4 Å². The van der Waals surface area contributed by atoms with E-state index in [1.54, 1.807) is 42.7 Å². The van der Waals surface area contributed by atoms with Crippen molar-refractivity contribution in [3.63, 3.8) is 0 Å². The predicted molar refractivity (Wildman–Crippen MR) is 140 cm³/mol. The second-order valence-electron chi connectivity index (χ2n) is 9.69. The highest BCUT2D eigenvalue weighted by Crippen LogP contribution is 2.26. The lowest BCUT2D eigenvalue weighted by atomic mass is 9.99. The van der Waals surface area contributed by atoms with Gasteiger partial charge in [-0.05, 0) is 44.1 Å². The fraction of sp³-hybridized carbons (Fsp3) is 0.462. The van der Waals surface area contributed by atoms with Gasteiger partial charge in [-0.2, -0.15) is 0 Å². The van der Waals surface area contributed by atoms with Gasteiger partial charge in [-0.25, -0.2) is 14.3 Å². The van der Waals surface area contributed by atoms with Gasteiger partial charge in [0.15, 0.2) is 0 Å². The van der Waals surface area contributed by atoms with Crippen LogP contribution in [0.4, 0.5) is 4.79 Å². The topological polar surface area (TPSA) is 136 Å². The first-order valence-corrected chi connectivity index (χ1v) is 12.8. The number of piperidine rings is 1. The second-order valence-corrected chi connectivity index (χ2v) is 9.69. The van der Waals surface area contributed by atoms with Gasteiger partial charge in [0.2, 0.25) is 0 Å². The number of nitrogens with zero attached hydrogens (tertiary/aromatic N) is 6. The average molecular weight is 507 g/mol. The Bertz CT molecular complexity index is 1170. The molecule has 0 saturated carbocycles. The number of aromatic nitrogens is 2. The zero-order chi connectivity index (χ0) is 25.8. The number of allylic oxidation sites excluding steroid dienone is 1. The molecule has 11 nitrogen and oxygen atoms in total. The minimum absolute atomic E-state index is 0.0831. The molecule has 2 saturated heterocycles. The van der Waals surface area contributed by atoms with E-state index in [0.717, 1.165) is 57.8 Å². The van der Waals surface area contributed by atoms with Gasteiger partial charge in [-0.3, -0.25) is 14.8 Å². The molecule has 0 radical (unpaired) electrons. The molecule has 2 fully saturated rings. The Balaban J connectivity index is 1.12. The van der Waals surface area contributed by atoms with Gasteiger partial charge < -0.3 is 25.9 Å². The fourth-order valence-electron chi connectivity index (χ4n) is 5.40. The van der Waals surface area contributed by atoms with Crippen LogP contribution in [0.15, 0.2) is 59.8 Å². The van der Waals surface area contributed by atoms with Crippen LogP contribution in [0.2, 0.25) is 0 Å². The standard InChI is InChI=1S/C26H34N8O3/c27-22(21-3-1-2-4-24(21)35)15-23-25(28)30-16-20-17-32(11-12-34(20)23)19-5-8-31(9-6-19)13-14-37-26(36)33-10-7-29-18-33/h1-4,7,10,15,18-20,27,35H,5-6,8-9,11-14,16-17H2,(H2,28,30)/b23-15+,27-22?. The van der Waals surface area contributed by atoms with Crippen LogP contribution in [-0.4, -0.2) is 112 Å². The number of phenols is 1. The van der Waals surface area contributed by atoms with E-state index in [1.807, 2.05) is 0 Å². The molecule has 5 rings (SSSR count). The number of likely N-dealkylation sites (tertiary alicyclic amines) is 1. The smallest absolute Gasteiger partial charge is 0.419 e. The monoisotopic (exact) mass is 506 g/mol. The molecule has 1 atom stereocenters. The number of piperazine rings is 1. The number of hydrogen-bond donors (Lipinski definition) is 3. The molecule has 4 N–H and O–H groups in total. The molecule has 37 heavy (non-hydrogen) atoms. The normalized spacial score (nSPS) is 22.5. The van der Waals surface area contributed by atoms with Crippen LogP contribution in [0, 0.1) is 5.41 Å². The molecule has 11 heteroatoms. The van der Waals surface area contributed by atoms with E-state index in [-0.39, 0.29) is 17.5 Å². The number of fused-ring (bicyclic) bond motifs is 1. The van der Waals surface area contributed by atoms with Crippen LogP contribution in [-0.2, 0) is 4.74 Å². The van der Waals surface area contributed by atoms with Crippen LogP contribution < -0.4 is 5.73 Å². The van der Waals surface area contributed by atoms with Crippen molar-refractivity contribution < 1.29 is 14.6 Å². The number of benzene rings is 1. The molecule has 4 heterocycles. The molecule has 3 aliphatic heterocycles. The van der Waals surface area contributed by atoms with E-state index in [1.165, 1.54) is 10.9 Å². The average Bonchev–Trinajstić information content (AvgIpc) is 3.46. The van der Waals surface area contributed by atoms with Crippen molar-refractivity contribution in [3.8, 4) is 5.75 Å². The van der Waals surface area contributed by atoms with Gasteiger partial charge in [0.25, 0.3) is 0 Å². The minimum atomic E-state index is -0.398. The Morgan fingerprint density at radius 1 is 1.19 bits per heavy atom. The SMILES string of the molecule is N=C(/C=C1\C(N)=NCC2CN(C3CCN(CCOC(=O)n4ccnc4)CC3)CCN12)c1ccccc1O. The lowest BCUT2D eigenvalue weighted by Gasteiger charge is -2.48. The molecule has 1 aromatic heterocycles. The van der Waals surface area contributed by atoms with Gasteiger partial charge in [0.05, 0.1) is 24.0 Å². The Morgan fingerprint density at radius 3 is 2.76 bits per heavy atom. The number of rotatable bonds is 6. The summed E-state index contributed by atoms with van der Waals surface area (Å²) < 4.78 is 6.68. The first-order chi connectivity index (χ1) is 18.0. The number of amidine groups is 1. The number of hydrogen-bond acceptors (Lipinski definition) is 10. The van der Waals surface area contributed by atoms with Crippen LogP contribution >= 0.6 is 0 Å². The number of para-hydroxylation sites is 1. The molecule has 1 unspecified atom stereocenters. The maximum Gasteiger partial charge on any atom is 0.419 e. The summed E-state index contributed by atoms with van der Waals surface area (Å²) >= 11 is 0. The Morgan fingerprint density at radius 2 is 2.00 bits per heavy atom. The zero-order valence-electron chi connectivity index (χ0n) is 20.9. The number of imidazole rings is 1. The van der Waals surface area contributed by atoms with Gasteiger partial charge in [-0.15, -0.1) is 0 Å². The summed E-state index contributed by atoms with van der Waals surface area (Å²) in [6.07, 6.45) is 8.06. The number of nitrogens with two attached hydrogens (primary N) is 1. The molecule has 196 valence electrons. The Kier molecular flexibility index (Phi) is 7.52. The third kappa shape index (κ3) is 5.67. The lowest BCUT2D eigenvalue weighted by Crippen LogP contribution is -2.60. The third-order valence-electron chi connectivity index (χ3n) is 7.46. The van der Waals surface area contributed by atoms with Crippen molar-refractivity contribution in [1.82, 2.24) is 24.3 Å². The maximum absolute atomic E-state index is 11.9. The van der Waals surface area contributed by atoms with Crippen molar-refractivity contribution in [3.05, 3.63) is 60.3 Å². The summed E-state index contributed by atoms with van der Waals surface area (Å²) in [5.41, 5.74) is 7.72. The molecular weight excluding hydrogens is 472 g/mol. The van der Waals surface area contributed by atoms with Gasteiger partial charge in [-0.1, -0.05) is 12.1 Å². The van der Waals surface area contributed by atoms with E-state index in [2.05, 4.69) is 24.7 Å². The summed E-state index contributed by atoms with van der Waals surface area (Å²) in [4.78, 5) is 27.6. The molecule has 3 aliphatic rings. The van der Waals surface area contributed by atoms with Crippen LogP contribution in [0.5, 0.6) is 5.75 Å². The number of ether oxygens (including phenoxy) is 1. The van der Waals surface area contributed by atoms with Gasteiger partial charge in [0.1, 0.15) is 24.5 Å². The number of carbonyl (C=O) groups excluding carboxylic acids is 1. The molecular formula is C26H34N8O3. The first-order valence-electron chi connectivity index (χ1n) is 12.8. The third-order valence-corrected chi connectivity index (χ3v) is 7.46. The van der Waals surface area contributed by atoms with Gasteiger partial charge >= 0.3 is 6.09 Å².